The zero-order valence-electron chi connectivity index (χ0n) is 22.6. The van der Waals surface area contributed by atoms with Crippen molar-refractivity contribution in [2.75, 3.05) is 5.32 Å². The van der Waals surface area contributed by atoms with Crippen LogP contribution in [0.4, 0.5) is 10.5 Å². The van der Waals surface area contributed by atoms with Crippen molar-refractivity contribution >= 4 is 38.9 Å². The molecule has 8 heteroatoms. The lowest BCUT2D eigenvalue weighted by Crippen LogP contribution is -2.44. The van der Waals surface area contributed by atoms with E-state index in [0.717, 1.165) is 43.2 Å². The molecular weight excluding hydrogens is 532 g/mol. The van der Waals surface area contributed by atoms with Gasteiger partial charge < -0.3 is 10.6 Å². The summed E-state index contributed by atoms with van der Waals surface area (Å²) < 4.78 is 25.5. The number of halogens is 1. The molecule has 208 valence electrons. The summed E-state index contributed by atoms with van der Waals surface area (Å²) in [6, 6.07) is 19.5. The fourth-order valence-electron chi connectivity index (χ4n) is 4.24. The van der Waals surface area contributed by atoms with Crippen LogP contribution in [0.25, 0.3) is 0 Å². The highest BCUT2D eigenvalue weighted by Crippen LogP contribution is 2.19. The minimum absolute atomic E-state index is 0.00624. The Morgan fingerprint density at radius 1 is 0.821 bits per heavy atom. The number of nitrogens with one attached hydrogen (secondary N) is 2. The molecule has 2 N–H and O–H groups in total. The van der Waals surface area contributed by atoms with E-state index >= 15 is 0 Å². The molecule has 0 unspecified atom stereocenters. The van der Waals surface area contributed by atoms with Crippen molar-refractivity contribution in [1.29, 1.82) is 0 Å². The average Bonchev–Trinajstić information content (AvgIpc) is 2.90. The lowest BCUT2D eigenvalue weighted by Gasteiger charge is -2.19. The minimum Gasteiger partial charge on any atom is -0.328 e. The van der Waals surface area contributed by atoms with E-state index in [1.54, 1.807) is 60.7 Å². The summed E-state index contributed by atoms with van der Waals surface area (Å²) in [5, 5.41) is 6.20. The molecule has 0 saturated heterocycles. The van der Waals surface area contributed by atoms with Crippen LogP contribution in [0.3, 0.4) is 0 Å². The standard InChI is InChI=1S/C31H37ClN2O4S/c1-3-4-5-6-7-8-30(35)29(21-24-11-15-26(32)16-12-24)34-31(36)33-27-17-13-25(14-18-27)22-39(37,38)28-19-9-23(2)10-20-28/h9-20,29H,3-8,21-22H2,1-2H3,(H2,33,34,36)/t29-/m1/s1. The Balaban J connectivity index is 1.61. The van der Waals surface area contributed by atoms with Gasteiger partial charge in [0.25, 0.3) is 0 Å². The maximum Gasteiger partial charge on any atom is 0.319 e. The Hall–Kier alpha value is -3.16. The van der Waals surface area contributed by atoms with Crippen LogP contribution in [0.1, 0.15) is 62.1 Å². The van der Waals surface area contributed by atoms with E-state index in [4.69, 9.17) is 11.6 Å². The maximum absolute atomic E-state index is 13.0. The SMILES string of the molecule is CCCCCCCC(=O)[C@@H](Cc1ccc(Cl)cc1)NC(=O)Nc1ccc(CS(=O)(=O)c2ccc(C)cc2)cc1. The summed E-state index contributed by atoms with van der Waals surface area (Å²) in [6.07, 6.45) is 5.96. The Bertz CT molecular complexity index is 1320. The van der Waals surface area contributed by atoms with Crippen molar-refractivity contribution in [3.8, 4) is 0 Å². The maximum atomic E-state index is 13.0. The molecule has 0 fully saturated rings. The number of hydrogen-bond donors (Lipinski definition) is 2. The lowest BCUT2D eigenvalue weighted by atomic mass is 9.98. The fourth-order valence-corrected chi connectivity index (χ4v) is 5.71. The van der Waals surface area contributed by atoms with E-state index in [9.17, 15) is 18.0 Å². The normalized spacial score (nSPS) is 12.1. The van der Waals surface area contributed by atoms with Gasteiger partial charge in [-0.3, -0.25) is 4.79 Å². The molecule has 0 aliphatic rings. The molecule has 1 atom stereocenters. The van der Waals surface area contributed by atoms with E-state index in [1.165, 1.54) is 0 Å². The second-order valence-electron chi connectivity index (χ2n) is 9.88. The zero-order chi connectivity index (χ0) is 28.3. The molecule has 3 aromatic carbocycles. The van der Waals surface area contributed by atoms with Crippen LogP contribution in [0.5, 0.6) is 0 Å². The van der Waals surface area contributed by atoms with Gasteiger partial charge in [-0.05, 0) is 67.3 Å². The molecule has 0 bridgehead atoms. The van der Waals surface area contributed by atoms with Crippen LogP contribution < -0.4 is 10.6 Å². The fraction of sp³-hybridized carbons (Fsp3) is 0.355. The summed E-state index contributed by atoms with van der Waals surface area (Å²) in [5.74, 6) is -0.147. The number of carbonyl (C=O) groups is 2. The Morgan fingerprint density at radius 2 is 1.44 bits per heavy atom. The number of ketones is 1. The Morgan fingerprint density at radius 3 is 2.08 bits per heavy atom. The number of rotatable bonds is 14. The zero-order valence-corrected chi connectivity index (χ0v) is 24.2. The topological polar surface area (TPSA) is 92.3 Å². The third kappa shape index (κ3) is 10.2. The predicted molar refractivity (Wildman–Crippen MR) is 158 cm³/mol. The average molecular weight is 569 g/mol. The number of sulfone groups is 1. The van der Waals surface area contributed by atoms with Crippen LogP contribution in [0.2, 0.25) is 5.02 Å². The van der Waals surface area contributed by atoms with Gasteiger partial charge >= 0.3 is 6.03 Å². The van der Waals surface area contributed by atoms with Crippen molar-refractivity contribution in [2.45, 2.75) is 75.5 Å². The molecule has 0 aliphatic heterocycles. The quantitative estimate of drug-likeness (QED) is 0.200. The third-order valence-electron chi connectivity index (χ3n) is 6.52. The summed E-state index contributed by atoms with van der Waals surface area (Å²) in [5.41, 5.74) is 3.01. The summed E-state index contributed by atoms with van der Waals surface area (Å²) in [6.45, 7) is 4.05. The Labute approximate surface area is 237 Å². The first-order valence-corrected chi connectivity index (χ1v) is 15.4. The van der Waals surface area contributed by atoms with Crippen molar-refractivity contribution in [3.63, 3.8) is 0 Å². The number of urea groups is 1. The second-order valence-corrected chi connectivity index (χ2v) is 12.3. The highest BCUT2D eigenvalue weighted by atomic mass is 35.5. The van der Waals surface area contributed by atoms with Gasteiger partial charge in [-0.25, -0.2) is 13.2 Å². The summed E-state index contributed by atoms with van der Waals surface area (Å²) in [4.78, 5) is 26.1. The van der Waals surface area contributed by atoms with Crippen LogP contribution in [0.15, 0.2) is 77.7 Å². The number of unbranched alkanes of at least 4 members (excludes halogenated alkanes) is 4. The van der Waals surface area contributed by atoms with Crippen LogP contribution in [0, 0.1) is 6.92 Å². The van der Waals surface area contributed by atoms with Gasteiger partial charge in [0.2, 0.25) is 0 Å². The Kier molecular flexibility index (Phi) is 11.6. The highest BCUT2D eigenvalue weighted by molar-refractivity contribution is 7.90. The van der Waals surface area contributed by atoms with Gasteiger partial charge in [0.1, 0.15) is 0 Å². The van der Waals surface area contributed by atoms with Crippen LogP contribution in [-0.2, 0) is 26.8 Å². The van der Waals surface area contributed by atoms with Crippen molar-refractivity contribution < 1.29 is 18.0 Å². The highest BCUT2D eigenvalue weighted by Gasteiger charge is 2.21. The summed E-state index contributed by atoms with van der Waals surface area (Å²) in [7, 11) is -3.48. The molecule has 0 heterocycles. The van der Waals surface area contributed by atoms with Crippen molar-refractivity contribution in [1.82, 2.24) is 5.32 Å². The van der Waals surface area contributed by atoms with Crippen LogP contribution >= 0.6 is 11.6 Å². The number of anilines is 1. The van der Waals surface area contributed by atoms with Gasteiger partial charge in [0, 0.05) is 17.1 Å². The van der Waals surface area contributed by atoms with Gasteiger partial charge in [0.05, 0.1) is 16.7 Å². The molecule has 0 aromatic heterocycles. The molecule has 6 nitrogen and oxygen atoms in total. The number of Topliss-reactive ketones (excluding diaryl/α,β-unsaturated/α-hetero) is 1. The number of benzene rings is 3. The predicted octanol–water partition coefficient (Wildman–Crippen LogP) is 7.28. The largest absolute Gasteiger partial charge is 0.328 e. The molecule has 3 rings (SSSR count). The number of hydrogen-bond acceptors (Lipinski definition) is 4. The number of carbonyl (C=O) groups excluding carboxylic acids is 2. The number of amides is 2. The summed E-state index contributed by atoms with van der Waals surface area (Å²) >= 11 is 6.00. The van der Waals surface area contributed by atoms with Gasteiger partial charge in [0.15, 0.2) is 15.6 Å². The van der Waals surface area contributed by atoms with Crippen molar-refractivity contribution in [2.24, 2.45) is 0 Å². The molecular formula is C31H37ClN2O4S. The first-order valence-electron chi connectivity index (χ1n) is 13.4. The smallest absolute Gasteiger partial charge is 0.319 e. The van der Waals surface area contributed by atoms with Crippen LogP contribution in [-0.4, -0.2) is 26.3 Å². The van der Waals surface area contributed by atoms with E-state index < -0.39 is 21.9 Å². The first-order chi connectivity index (χ1) is 18.7. The molecule has 0 radical (unpaired) electrons. The van der Waals surface area contributed by atoms with Crippen molar-refractivity contribution in [3.05, 3.63) is 94.5 Å². The van der Waals surface area contributed by atoms with Gasteiger partial charge in [-0.2, -0.15) is 0 Å². The van der Waals surface area contributed by atoms with Gasteiger partial charge in [-0.1, -0.05) is 86.2 Å². The second kappa shape index (κ2) is 14.8. The molecule has 0 saturated carbocycles. The molecule has 0 aliphatic carbocycles. The van der Waals surface area contributed by atoms with Gasteiger partial charge in [-0.15, -0.1) is 0 Å². The van der Waals surface area contributed by atoms with E-state index in [1.807, 2.05) is 19.1 Å². The van der Waals surface area contributed by atoms with E-state index in [2.05, 4.69) is 17.6 Å². The monoisotopic (exact) mass is 568 g/mol. The van der Waals surface area contributed by atoms with E-state index in [0.29, 0.717) is 29.1 Å². The molecule has 2 amide bonds. The number of aryl methyl sites for hydroxylation is 1. The third-order valence-corrected chi connectivity index (χ3v) is 8.48. The lowest BCUT2D eigenvalue weighted by molar-refractivity contribution is -0.120. The molecule has 39 heavy (non-hydrogen) atoms. The molecule has 0 spiro atoms. The first kappa shape index (κ1) is 30.4. The van der Waals surface area contributed by atoms with E-state index in [-0.39, 0.29) is 16.4 Å². The molecule has 3 aromatic rings. The minimum atomic E-state index is -3.48.